The molecule has 0 heterocycles. The first-order valence-electron chi connectivity index (χ1n) is 6.77. The van der Waals surface area contributed by atoms with Crippen molar-refractivity contribution < 1.29 is 4.39 Å². The minimum Gasteiger partial charge on any atom is -0.306 e. The molecule has 2 aromatic rings. The fraction of sp³-hybridized carbons (Fsp3) is 0.294. The monoisotopic (exact) mass is 291 g/mol. The summed E-state index contributed by atoms with van der Waals surface area (Å²) < 4.78 is 14.2. The molecule has 2 rings (SSSR count). The van der Waals surface area contributed by atoms with Gasteiger partial charge in [-0.05, 0) is 49.7 Å². The van der Waals surface area contributed by atoms with Crippen LogP contribution in [0, 0.1) is 19.7 Å². The number of hydrogen-bond donors (Lipinski definition) is 1. The maximum Gasteiger partial charge on any atom is 0.128 e. The number of halogens is 2. The van der Waals surface area contributed by atoms with Crippen LogP contribution in [0.2, 0.25) is 5.02 Å². The molecule has 20 heavy (non-hydrogen) atoms. The minimum absolute atomic E-state index is 0.183. The second kappa shape index (κ2) is 6.38. The van der Waals surface area contributed by atoms with Gasteiger partial charge in [0.05, 0.1) is 6.04 Å². The van der Waals surface area contributed by atoms with Crippen LogP contribution in [0.25, 0.3) is 0 Å². The lowest BCUT2D eigenvalue weighted by Crippen LogP contribution is -2.23. The molecule has 1 nitrogen and oxygen atoms in total. The van der Waals surface area contributed by atoms with E-state index < -0.39 is 0 Å². The normalized spacial score (nSPS) is 12.4. The van der Waals surface area contributed by atoms with Crippen LogP contribution in [0.3, 0.4) is 0 Å². The third-order valence-corrected chi connectivity index (χ3v) is 3.49. The van der Waals surface area contributed by atoms with Gasteiger partial charge in [0.15, 0.2) is 0 Å². The quantitative estimate of drug-likeness (QED) is 0.853. The lowest BCUT2D eigenvalue weighted by Gasteiger charge is -2.21. The molecule has 1 atom stereocenters. The first-order valence-corrected chi connectivity index (χ1v) is 7.15. The highest BCUT2D eigenvalue weighted by molar-refractivity contribution is 6.30. The van der Waals surface area contributed by atoms with Gasteiger partial charge in [-0.1, -0.05) is 42.3 Å². The van der Waals surface area contributed by atoms with Crippen molar-refractivity contribution in [2.24, 2.45) is 0 Å². The first kappa shape index (κ1) is 15.0. The van der Waals surface area contributed by atoms with Gasteiger partial charge in [-0.25, -0.2) is 4.39 Å². The van der Waals surface area contributed by atoms with Crippen molar-refractivity contribution in [2.75, 3.05) is 6.54 Å². The molecule has 1 N–H and O–H groups in total. The zero-order valence-corrected chi connectivity index (χ0v) is 12.8. The molecule has 0 radical (unpaired) electrons. The van der Waals surface area contributed by atoms with Gasteiger partial charge in [-0.2, -0.15) is 0 Å². The van der Waals surface area contributed by atoms with Gasteiger partial charge >= 0.3 is 0 Å². The van der Waals surface area contributed by atoms with Crippen molar-refractivity contribution in [2.45, 2.75) is 26.8 Å². The molecule has 2 aromatic carbocycles. The molecule has 0 aliphatic heterocycles. The zero-order chi connectivity index (χ0) is 14.7. The molecule has 0 aromatic heterocycles. The van der Waals surface area contributed by atoms with Crippen LogP contribution in [0.5, 0.6) is 0 Å². The Kier molecular flexibility index (Phi) is 4.79. The molecule has 3 heteroatoms. The van der Waals surface area contributed by atoms with E-state index in [2.05, 4.69) is 5.32 Å². The van der Waals surface area contributed by atoms with E-state index in [4.69, 9.17) is 11.6 Å². The van der Waals surface area contributed by atoms with Crippen LogP contribution < -0.4 is 5.32 Å². The summed E-state index contributed by atoms with van der Waals surface area (Å²) >= 11 is 6.13. The Balaban J connectivity index is 2.52. The van der Waals surface area contributed by atoms with E-state index in [-0.39, 0.29) is 11.9 Å². The zero-order valence-electron chi connectivity index (χ0n) is 12.0. The average Bonchev–Trinajstić information content (AvgIpc) is 2.38. The predicted molar refractivity (Wildman–Crippen MR) is 82.8 cm³/mol. The van der Waals surface area contributed by atoms with Crippen molar-refractivity contribution in [3.8, 4) is 0 Å². The second-order valence-corrected chi connectivity index (χ2v) is 5.51. The highest BCUT2D eigenvalue weighted by Gasteiger charge is 2.18. The number of benzene rings is 2. The Hall–Kier alpha value is -1.38. The summed E-state index contributed by atoms with van der Waals surface area (Å²) in [4.78, 5) is 0. The van der Waals surface area contributed by atoms with Crippen LogP contribution in [-0.4, -0.2) is 6.54 Å². The van der Waals surface area contributed by atoms with Crippen molar-refractivity contribution in [3.63, 3.8) is 0 Å². The maximum atomic E-state index is 14.2. The fourth-order valence-electron chi connectivity index (χ4n) is 2.43. The lowest BCUT2D eigenvalue weighted by molar-refractivity contribution is 0.558. The molecule has 0 saturated heterocycles. The summed E-state index contributed by atoms with van der Waals surface area (Å²) in [6.45, 7) is 6.72. The van der Waals surface area contributed by atoms with Gasteiger partial charge in [-0.15, -0.1) is 0 Å². The van der Waals surface area contributed by atoms with Crippen LogP contribution in [0.4, 0.5) is 4.39 Å². The Bertz CT molecular complexity index is 590. The maximum absolute atomic E-state index is 14.2. The summed E-state index contributed by atoms with van der Waals surface area (Å²) in [5, 5.41) is 4.02. The summed E-state index contributed by atoms with van der Waals surface area (Å²) in [5.74, 6) is -0.195. The summed E-state index contributed by atoms with van der Waals surface area (Å²) in [5.41, 5.74) is 3.77. The van der Waals surface area contributed by atoms with E-state index in [1.54, 1.807) is 6.07 Å². The van der Waals surface area contributed by atoms with E-state index in [0.717, 1.165) is 23.2 Å². The van der Waals surface area contributed by atoms with E-state index in [1.165, 1.54) is 6.07 Å². The Morgan fingerprint density at radius 3 is 2.50 bits per heavy atom. The third-order valence-electron chi connectivity index (χ3n) is 3.27. The Morgan fingerprint density at radius 2 is 1.85 bits per heavy atom. The molecule has 106 valence electrons. The highest BCUT2D eigenvalue weighted by Crippen LogP contribution is 2.28. The van der Waals surface area contributed by atoms with Crippen LogP contribution >= 0.6 is 11.6 Å². The average molecular weight is 292 g/mol. The largest absolute Gasteiger partial charge is 0.306 e. The molecule has 0 fully saturated rings. The van der Waals surface area contributed by atoms with Crippen molar-refractivity contribution in [3.05, 3.63) is 69.5 Å². The van der Waals surface area contributed by atoms with E-state index in [0.29, 0.717) is 10.6 Å². The SMILES string of the molecule is CCNC(c1cc(C)cc(Cl)c1)c1cc(C)ccc1F. The van der Waals surface area contributed by atoms with Gasteiger partial charge < -0.3 is 5.32 Å². The van der Waals surface area contributed by atoms with E-state index in [1.807, 2.05) is 45.0 Å². The lowest BCUT2D eigenvalue weighted by atomic mass is 9.95. The molecule has 0 aliphatic carbocycles. The topological polar surface area (TPSA) is 12.0 Å². The predicted octanol–water partition coefficient (Wildman–Crippen LogP) is 4.79. The number of nitrogens with one attached hydrogen (secondary N) is 1. The van der Waals surface area contributed by atoms with Crippen LogP contribution in [-0.2, 0) is 0 Å². The Morgan fingerprint density at radius 1 is 1.10 bits per heavy atom. The number of hydrogen-bond acceptors (Lipinski definition) is 1. The van der Waals surface area contributed by atoms with Gasteiger partial charge in [0, 0.05) is 10.6 Å². The molecular formula is C17H19ClFN. The first-order chi connectivity index (χ1) is 9.51. The molecule has 0 amide bonds. The highest BCUT2D eigenvalue weighted by atomic mass is 35.5. The summed E-state index contributed by atoms with van der Waals surface area (Å²) in [6.07, 6.45) is 0. The van der Waals surface area contributed by atoms with Crippen molar-refractivity contribution in [1.29, 1.82) is 0 Å². The molecule has 0 saturated carbocycles. The van der Waals surface area contributed by atoms with E-state index >= 15 is 0 Å². The molecular weight excluding hydrogens is 273 g/mol. The number of rotatable bonds is 4. The third kappa shape index (κ3) is 3.38. The summed E-state index contributed by atoms with van der Waals surface area (Å²) in [6, 6.07) is 10.8. The standard InChI is InChI=1S/C17H19ClFN/c1-4-20-17(13-7-12(3)8-14(18)10-13)15-9-11(2)5-6-16(15)19/h5-10,17,20H,4H2,1-3H3. The fourth-order valence-corrected chi connectivity index (χ4v) is 2.73. The van der Waals surface area contributed by atoms with Crippen molar-refractivity contribution >= 4 is 11.6 Å². The summed E-state index contributed by atoms with van der Waals surface area (Å²) in [7, 11) is 0. The van der Waals surface area contributed by atoms with Crippen LogP contribution in [0.1, 0.15) is 35.2 Å². The van der Waals surface area contributed by atoms with E-state index in [9.17, 15) is 4.39 Å². The minimum atomic E-state index is -0.195. The Labute approximate surface area is 124 Å². The smallest absolute Gasteiger partial charge is 0.128 e. The molecule has 0 bridgehead atoms. The van der Waals surface area contributed by atoms with Crippen LogP contribution in [0.15, 0.2) is 36.4 Å². The van der Waals surface area contributed by atoms with Gasteiger partial charge in [0.2, 0.25) is 0 Å². The van der Waals surface area contributed by atoms with Crippen molar-refractivity contribution in [1.82, 2.24) is 5.32 Å². The number of aryl methyl sites for hydroxylation is 2. The van der Waals surface area contributed by atoms with Gasteiger partial charge in [-0.3, -0.25) is 0 Å². The van der Waals surface area contributed by atoms with Gasteiger partial charge in [0.25, 0.3) is 0 Å². The second-order valence-electron chi connectivity index (χ2n) is 5.08. The molecule has 0 spiro atoms. The van der Waals surface area contributed by atoms with Gasteiger partial charge in [0.1, 0.15) is 5.82 Å². The molecule has 1 unspecified atom stereocenters. The molecule has 0 aliphatic rings.